The highest BCUT2D eigenvalue weighted by Gasteiger charge is 2.32. The fourth-order valence-electron chi connectivity index (χ4n) is 2.54. The number of aromatic nitrogens is 3. The second kappa shape index (κ2) is 6.12. The molecule has 0 aliphatic heterocycles. The highest BCUT2D eigenvalue weighted by molar-refractivity contribution is 5.76. The molecule has 1 aliphatic rings. The van der Waals surface area contributed by atoms with Gasteiger partial charge >= 0.3 is 0 Å². The van der Waals surface area contributed by atoms with Crippen molar-refractivity contribution in [3.05, 3.63) is 11.9 Å². The monoisotopic (exact) mass is 267 g/mol. The van der Waals surface area contributed by atoms with Crippen LogP contribution in [0.4, 0.5) is 0 Å². The molecule has 4 N–H and O–H groups in total. The molecule has 1 fully saturated rings. The van der Waals surface area contributed by atoms with Crippen LogP contribution in [0.3, 0.4) is 0 Å². The summed E-state index contributed by atoms with van der Waals surface area (Å²) in [5, 5.41) is 20.1. The minimum Gasteiger partial charge on any atom is -0.394 e. The molecule has 1 aromatic heterocycles. The van der Waals surface area contributed by atoms with E-state index < -0.39 is 5.54 Å². The lowest BCUT2D eigenvalue weighted by molar-refractivity contribution is -0.125. The molecule has 7 nitrogen and oxygen atoms in total. The number of aliphatic hydroxyl groups excluding tert-OH is 1. The molecule has 1 amide bonds. The predicted molar refractivity (Wildman–Crippen MR) is 69.0 cm³/mol. The number of hydrogen-bond donors (Lipinski definition) is 3. The third-order valence-corrected chi connectivity index (χ3v) is 3.62. The van der Waals surface area contributed by atoms with Crippen LogP contribution in [-0.4, -0.2) is 38.2 Å². The van der Waals surface area contributed by atoms with Gasteiger partial charge in [-0.2, -0.15) is 0 Å². The first-order valence-corrected chi connectivity index (χ1v) is 6.68. The molecule has 0 radical (unpaired) electrons. The molecule has 7 heteroatoms. The fourth-order valence-corrected chi connectivity index (χ4v) is 2.54. The number of nitrogens with two attached hydrogens (primary N) is 1. The van der Waals surface area contributed by atoms with Gasteiger partial charge in [-0.1, -0.05) is 24.5 Å². The third-order valence-electron chi connectivity index (χ3n) is 3.62. The van der Waals surface area contributed by atoms with Crippen LogP contribution >= 0.6 is 0 Å². The number of rotatable bonds is 5. The summed E-state index contributed by atoms with van der Waals surface area (Å²) in [6.45, 7) is 0.404. The van der Waals surface area contributed by atoms with Crippen LogP contribution in [-0.2, 0) is 17.9 Å². The molecule has 0 atom stereocenters. The largest absolute Gasteiger partial charge is 0.394 e. The Morgan fingerprint density at radius 1 is 1.47 bits per heavy atom. The van der Waals surface area contributed by atoms with Crippen molar-refractivity contribution in [1.82, 2.24) is 20.3 Å². The Morgan fingerprint density at radius 3 is 2.79 bits per heavy atom. The number of amides is 1. The van der Waals surface area contributed by atoms with Crippen molar-refractivity contribution in [3.8, 4) is 0 Å². The van der Waals surface area contributed by atoms with Gasteiger partial charge in [0.05, 0.1) is 24.0 Å². The second-order valence-electron chi connectivity index (χ2n) is 5.16. The predicted octanol–water partition coefficient (Wildman–Crippen LogP) is -0.452. The summed E-state index contributed by atoms with van der Waals surface area (Å²) in [5.41, 5.74) is 5.64. The summed E-state index contributed by atoms with van der Waals surface area (Å²) in [5.74, 6) is -0.149. The van der Waals surface area contributed by atoms with E-state index in [0.29, 0.717) is 12.2 Å². The van der Waals surface area contributed by atoms with Crippen LogP contribution in [0.25, 0.3) is 0 Å². The number of aliphatic hydroxyl groups is 1. The molecule has 19 heavy (non-hydrogen) atoms. The smallest absolute Gasteiger partial charge is 0.242 e. The summed E-state index contributed by atoms with van der Waals surface area (Å²) in [4.78, 5) is 12.0. The molecule has 1 saturated carbocycles. The second-order valence-corrected chi connectivity index (χ2v) is 5.16. The third kappa shape index (κ3) is 3.51. The Bertz CT molecular complexity index is 426. The van der Waals surface area contributed by atoms with Gasteiger partial charge in [-0.25, -0.2) is 4.68 Å². The van der Waals surface area contributed by atoms with Gasteiger partial charge in [0.1, 0.15) is 6.54 Å². The standard InChI is InChI=1S/C12H21N5O2/c13-6-10-7-17(16-15-10)8-11(19)14-12(9-18)4-2-1-3-5-12/h7,18H,1-6,8-9,13H2,(H,14,19). The summed E-state index contributed by atoms with van der Waals surface area (Å²) in [6.07, 6.45) is 6.58. The van der Waals surface area contributed by atoms with E-state index in [1.54, 1.807) is 6.20 Å². The van der Waals surface area contributed by atoms with Crippen molar-refractivity contribution in [2.24, 2.45) is 5.73 Å². The highest BCUT2D eigenvalue weighted by Crippen LogP contribution is 2.27. The van der Waals surface area contributed by atoms with Gasteiger partial charge in [-0.3, -0.25) is 4.79 Å². The molecule has 0 unspecified atom stereocenters. The van der Waals surface area contributed by atoms with Gasteiger partial charge in [0.2, 0.25) is 5.91 Å². The number of nitrogens with zero attached hydrogens (tertiary/aromatic N) is 3. The first kappa shape index (κ1) is 14.0. The maximum absolute atomic E-state index is 12.0. The lowest BCUT2D eigenvalue weighted by Gasteiger charge is -2.36. The molecular formula is C12H21N5O2. The molecule has 2 rings (SSSR count). The quantitative estimate of drug-likeness (QED) is 0.670. The normalized spacial score (nSPS) is 18.2. The maximum Gasteiger partial charge on any atom is 0.242 e. The van der Waals surface area contributed by atoms with Crippen LogP contribution in [0.5, 0.6) is 0 Å². The minimum absolute atomic E-state index is 0.00977. The first-order valence-electron chi connectivity index (χ1n) is 6.68. The van der Waals surface area contributed by atoms with E-state index in [1.165, 1.54) is 11.1 Å². The molecular weight excluding hydrogens is 246 g/mol. The van der Waals surface area contributed by atoms with Crippen LogP contribution in [0.15, 0.2) is 6.20 Å². The van der Waals surface area contributed by atoms with Gasteiger partial charge in [0.15, 0.2) is 0 Å². The minimum atomic E-state index is -0.452. The van der Waals surface area contributed by atoms with E-state index in [4.69, 9.17) is 5.73 Å². The summed E-state index contributed by atoms with van der Waals surface area (Å²) in [7, 11) is 0. The van der Waals surface area contributed by atoms with E-state index in [2.05, 4.69) is 15.6 Å². The van der Waals surface area contributed by atoms with Crippen LogP contribution in [0, 0.1) is 0 Å². The van der Waals surface area contributed by atoms with Crippen LogP contribution in [0.2, 0.25) is 0 Å². The van der Waals surface area contributed by atoms with Crippen molar-refractivity contribution in [1.29, 1.82) is 0 Å². The van der Waals surface area contributed by atoms with Crippen molar-refractivity contribution in [2.75, 3.05) is 6.61 Å². The average molecular weight is 267 g/mol. The Labute approximate surface area is 112 Å². The Balaban J connectivity index is 1.92. The zero-order valence-electron chi connectivity index (χ0n) is 11.0. The van der Waals surface area contributed by atoms with Crippen molar-refractivity contribution in [3.63, 3.8) is 0 Å². The molecule has 1 aliphatic carbocycles. The van der Waals surface area contributed by atoms with E-state index in [9.17, 15) is 9.90 Å². The van der Waals surface area contributed by atoms with Gasteiger partial charge < -0.3 is 16.2 Å². The van der Waals surface area contributed by atoms with E-state index in [-0.39, 0.29) is 19.1 Å². The van der Waals surface area contributed by atoms with Gasteiger partial charge in [-0.05, 0) is 12.8 Å². The molecule has 0 bridgehead atoms. The van der Waals surface area contributed by atoms with E-state index in [1.807, 2.05) is 0 Å². The molecule has 106 valence electrons. The Morgan fingerprint density at radius 2 is 2.21 bits per heavy atom. The van der Waals surface area contributed by atoms with Gasteiger partial charge in [0.25, 0.3) is 0 Å². The molecule has 0 spiro atoms. The summed E-state index contributed by atoms with van der Waals surface area (Å²) in [6, 6.07) is 0. The Kier molecular flexibility index (Phi) is 4.49. The summed E-state index contributed by atoms with van der Waals surface area (Å²) < 4.78 is 1.46. The molecule has 1 aromatic rings. The van der Waals surface area contributed by atoms with E-state index in [0.717, 1.165) is 25.7 Å². The number of carbonyl (C=O) groups excluding carboxylic acids is 1. The van der Waals surface area contributed by atoms with Gasteiger partial charge in [-0.15, -0.1) is 5.10 Å². The number of hydrogen-bond acceptors (Lipinski definition) is 5. The lowest BCUT2D eigenvalue weighted by atomic mass is 9.82. The molecule has 0 saturated heterocycles. The lowest BCUT2D eigenvalue weighted by Crippen LogP contribution is -2.53. The Hall–Kier alpha value is -1.47. The maximum atomic E-state index is 12.0. The van der Waals surface area contributed by atoms with Crippen molar-refractivity contribution < 1.29 is 9.90 Å². The number of nitrogens with one attached hydrogen (secondary N) is 1. The first-order chi connectivity index (χ1) is 9.17. The summed E-state index contributed by atoms with van der Waals surface area (Å²) >= 11 is 0. The SMILES string of the molecule is NCc1cn(CC(=O)NC2(CO)CCCCC2)nn1. The number of carbonyl (C=O) groups is 1. The molecule has 0 aromatic carbocycles. The molecule has 1 heterocycles. The van der Waals surface area contributed by atoms with Gasteiger partial charge in [0, 0.05) is 6.54 Å². The van der Waals surface area contributed by atoms with Crippen LogP contribution < -0.4 is 11.1 Å². The zero-order valence-corrected chi connectivity index (χ0v) is 11.0. The van der Waals surface area contributed by atoms with Crippen molar-refractivity contribution >= 4 is 5.91 Å². The topological polar surface area (TPSA) is 106 Å². The highest BCUT2D eigenvalue weighted by atomic mass is 16.3. The zero-order chi connectivity index (χ0) is 13.7. The van der Waals surface area contributed by atoms with E-state index >= 15 is 0 Å². The average Bonchev–Trinajstić information content (AvgIpc) is 2.87. The van der Waals surface area contributed by atoms with Crippen LogP contribution in [0.1, 0.15) is 37.8 Å². The fraction of sp³-hybridized carbons (Fsp3) is 0.750. The van der Waals surface area contributed by atoms with Crippen molar-refractivity contribution in [2.45, 2.75) is 50.7 Å².